The third-order valence-electron chi connectivity index (χ3n) is 3.99. The first-order valence-electron chi connectivity index (χ1n) is 7.19. The number of amides is 2. The smallest absolute Gasteiger partial charge is 0.318 e. The first-order valence-corrected chi connectivity index (χ1v) is 7.19. The van der Waals surface area contributed by atoms with Crippen molar-refractivity contribution >= 4 is 6.03 Å². The molecule has 2 rings (SSSR count). The molecule has 1 aromatic heterocycles. The van der Waals surface area contributed by atoms with Crippen LogP contribution in [0.25, 0.3) is 0 Å². The molecule has 1 aromatic rings. The average molecular weight is 281 g/mol. The summed E-state index contributed by atoms with van der Waals surface area (Å²) in [6.45, 7) is 6.48. The van der Waals surface area contributed by atoms with Gasteiger partial charge in [0.2, 0.25) is 0 Å². The van der Waals surface area contributed by atoms with Crippen LogP contribution in [0.5, 0.6) is 0 Å². The van der Waals surface area contributed by atoms with Gasteiger partial charge in [0.15, 0.2) is 0 Å². The fourth-order valence-corrected chi connectivity index (χ4v) is 2.89. The van der Waals surface area contributed by atoms with Gasteiger partial charge in [-0.05, 0) is 33.1 Å². The third kappa shape index (κ3) is 2.80. The van der Waals surface area contributed by atoms with E-state index in [1.165, 1.54) is 0 Å². The second kappa shape index (κ2) is 6.26. The van der Waals surface area contributed by atoms with Crippen LogP contribution in [0.15, 0.2) is 4.52 Å². The van der Waals surface area contributed by atoms with E-state index in [9.17, 15) is 9.90 Å². The minimum absolute atomic E-state index is 0.0233. The number of hydrogen-bond acceptors (Lipinski definition) is 4. The van der Waals surface area contributed by atoms with Gasteiger partial charge in [0.1, 0.15) is 5.76 Å². The maximum absolute atomic E-state index is 12.4. The highest BCUT2D eigenvalue weighted by molar-refractivity contribution is 5.75. The van der Waals surface area contributed by atoms with E-state index in [1.54, 1.807) is 4.90 Å². The summed E-state index contributed by atoms with van der Waals surface area (Å²) >= 11 is 0. The molecule has 6 nitrogen and oxygen atoms in total. The molecule has 20 heavy (non-hydrogen) atoms. The Morgan fingerprint density at radius 1 is 1.60 bits per heavy atom. The van der Waals surface area contributed by atoms with Gasteiger partial charge in [-0.2, -0.15) is 0 Å². The van der Waals surface area contributed by atoms with E-state index < -0.39 is 0 Å². The summed E-state index contributed by atoms with van der Waals surface area (Å²) in [4.78, 5) is 14.1. The van der Waals surface area contributed by atoms with Crippen molar-refractivity contribution in [1.29, 1.82) is 0 Å². The van der Waals surface area contributed by atoms with Gasteiger partial charge in [-0.1, -0.05) is 12.1 Å². The van der Waals surface area contributed by atoms with Crippen molar-refractivity contribution in [2.24, 2.45) is 0 Å². The van der Waals surface area contributed by atoms with Gasteiger partial charge in [-0.25, -0.2) is 4.79 Å². The van der Waals surface area contributed by atoms with Crippen molar-refractivity contribution < 1.29 is 14.4 Å². The molecule has 2 atom stereocenters. The lowest BCUT2D eigenvalue weighted by atomic mass is 10.0. The van der Waals surface area contributed by atoms with E-state index in [1.807, 2.05) is 20.8 Å². The van der Waals surface area contributed by atoms with Gasteiger partial charge < -0.3 is 19.8 Å². The minimum Gasteiger partial charge on any atom is -0.394 e. The van der Waals surface area contributed by atoms with Crippen LogP contribution in [0.2, 0.25) is 0 Å². The molecule has 112 valence electrons. The summed E-state index contributed by atoms with van der Waals surface area (Å²) < 4.78 is 5.17. The summed E-state index contributed by atoms with van der Waals surface area (Å²) in [7, 11) is 0. The first kappa shape index (κ1) is 14.8. The largest absolute Gasteiger partial charge is 0.394 e. The fraction of sp³-hybridized carbons (Fsp3) is 0.714. The highest BCUT2D eigenvalue weighted by Crippen LogP contribution is 2.25. The molecule has 1 saturated heterocycles. The predicted molar refractivity (Wildman–Crippen MR) is 74.4 cm³/mol. The number of nitrogens with zero attached hydrogens (tertiary/aromatic N) is 2. The number of aliphatic hydroxyl groups is 1. The number of hydrogen-bond donors (Lipinski definition) is 2. The van der Waals surface area contributed by atoms with Gasteiger partial charge in [0.05, 0.1) is 24.4 Å². The van der Waals surface area contributed by atoms with Gasteiger partial charge in [0.25, 0.3) is 0 Å². The Morgan fingerprint density at radius 2 is 2.35 bits per heavy atom. The van der Waals surface area contributed by atoms with E-state index in [0.29, 0.717) is 6.54 Å². The number of carbonyl (C=O) groups is 1. The van der Waals surface area contributed by atoms with Crippen LogP contribution in [0.1, 0.15) is 49.2 Å². The van der Waals surface area contributed by atoms with Crippen LogP contribution in [-0.4, -0.2) is 40.4 Å². The summed E-state index contributed by atoms with van der Waals surface area (Å²) in [5, 5.41) is 16.3. The van der Waals surface area contributed by atoms with Crippen molar-refractivity contribution in [3.63, 3.8) is 0 Å². The fourth-order valence-electron chi connectivity index (χ4n) is 2.89. The van der Waals surface area contributed by atoms with E-state index in [0.717, 1.165) is 36.3 Å². The monoisotopic (exact) mass is 281 g/mol. The highest BCUT2D eigenvalue weighted by atomic mass is 16.5. The molecule has 0 aromatic carbocycles. The maximum Gasteiger partial charge on any atom is 0.318 e. The second-order valence-corrected chi connectivity index (χ2v) is 5.32. The molecular formula is C14H23N3O3. The molecule has 1 aliphatic rings. The average Bonchev–Trinajstić information content (AvgIpc) is 3.03. The van der Waals surface area contributed by atoms with Crippen LogP contribution in [0, 0.1) is 13.8 Å². The molecule has 2 heterocycles. The predicted octanol–water partition coefficient (Wildman–Crippen LogP) is 1.91. The summed E-state index contributed by atoms with van der Waals surface area (Å²) in [6.07, 6.45) is 2.58. The van der Waals surface area contributed by atoms with E-state index in [4.69, 9.17) is 4.52 Å². The number of aliphatic hydroxyl groups excluding tert-OH is 1. The standard InChI is InChI=1S/C14H23N3O3/c1-4-12(13-9(2)16-20-10(13)3)15-14(19)17-7-5-6-11(17)8-18/h11-12,18H,4-8H2,1-3H3,(H,15,19)/t11-,12?/m0/s1. The highest BCUT2D eigenvalue weighted by Gasteiger charge is 2.30. The van der Waals surface area contributed by atoms with Gasteiger partial charge >= 0.3 is 6.03 Å². The molecule has 0 spiro atoms. The zero-order valence-corrected chi connectivity index (χ0v) is 12.3. The number of nitrogens with one attached hydrogen (secondary N) is 1. The van der Waals surface area contributed by atoms with Gasteiger partial charge in [0, 0.05) is 12.1 Å². The molecule has 0 aliphatic carbocycles. The lowest BCUT2D eigenvalue weighted by Crippen LogP contribution is -2.45. The van der Waals surface area contributed by atoms with Crippen LogP contribution in [0.4, 0.5) is 4.79 Å². The van der Waals surface area contributed by atoms with Crippen LogP contribution in [0.3, 0.4) is 0 Å². The molecule has 1 aliphatic heterocycles. The number of aromatic nitrogens is 1. The minimum atomic E-state index is -0.117. The quantitative estimate of drug-likeness (QED) is 0.883. The maximum atomic E-state index is 12.4. The van der Waals surface area contributed by atoms with Crippen LogP contribution < -0.4 is 5.32 Å². The Labute approximate surface area is 119 Å². The second-order valence-electron chi connectivity index (χ2n) is 5.32. The van der Waals surface area contributed by atoms with Crippen LogP contribution in [-0.2, 0) is 0 Å². The number of urea groups is 1. The molecule has 0 bridgehead atoms. The Balaban J connectivity index is 2.09. The molecule has 0 saturated carbocycles. The number of likely N-dealkylation sites (tertiary alicyclic amines) is 1. The Bertz CT molecular complexity index is 453. The number of aryl methyl sites for hydroxylation is 2. The normalized spacial score (nSPS) is 20.2. The summed E-state index contributed by atoms with van der Waals surface area (Å²) in [6, 6.07) is -0.278. The van der Waals surface area contributed by atoms with Crippen molar-refractivity contribution in [3.05, 3.63) is 17.0 Å². The Hall–Kier alpha value is -1.56. The van der Waals surface area contributed by atoms with Gasteiger partial charge in [-0.15, -0.1) is 0 Å². The summed E-state index contributed by atoms with van der Waals surface area (Å²) in [5.41, 5.74) is 1.77. The van der Waals surface area contributed by atoms with Crippen molar-refractivity contribution in [2.75, 3.05) is 13.2 Å². The SMILES string of the molecule is CCC(NC(=O)N1CCC[C@H]1CO)c1c(C)noc1C. The topological polar surface area (TPSA) is 78.6 Å². The van der Waals surface area contributed by atoms with E-state index in [2.05, 4.69) is 10.5 Å². The molecular weight excluding hydrogens is 258 g/mol. The third-order valence-corrected chi connectivity index (χ3v) is 3.99. The zero-order valence-electron chi connectivity index (χ0n) is 12.3. The lowest BCUT2D eigenvalue weighted by Gasteiger charge is -2.26. The van der Waals surface area contributed by atoms with Crippen molar-refractivity contribution in [3.8, 4) is 0 Å². The zero-order chi connectivity index (χ0) is 14.7. The van der Waals surface area contributed by atoms with Crippen molar-refractivity contribution in [1.82, 2.24) is 15.4 Å². The van der Waals surface area contributed by atoms with Crippen molar-refractivity contribution in [2.45, 2.75) is 52.1 Å². The number of rotatable bonds is 4. The van der Waals surface area contributed by atoms with Crippen LogP contribution >= 0.6 is 0 Å². The van der Waals surface area contributed by atoms with E-state index in [-0.39, 0.29) is 24.7 Å². The van der Waals surface area contributed by atoms with Gasteiger partial charge in [-0.3, -0.25) is 0 Å². The molecule has 2 amide bonds. The number of carbonyl (C=O) groups excluding carboxylic acids is 1. The first-order chi connectivity index (χ1) is 9.58. The van der Waals surface area contributed by atoms with E-state index >= 15 is 0 Å². The summed E-state index contributed by atoms with van der Waals surface area (Å²) in [5.74, 6) is 0.745. The Kier molecular flexibility index (Phi) is 4.65. The molecule has 6 heteroatoms. The molecule has 0 radical (unpaired) electrons. The lowest BCUT2D eigenvalue weighted by molar-refractivity contribution is 0.154. The Morgan fingerprint density at radius 3 is 2.90 bits per heavy atom. The molecule has 1 unspecified atom stereocenters. The molecule has 1 fully saturated rings. The molecule has 2 N–H and O–H groups in total.